The zero-order valence-corrected chi connectivity index (χ0v) is 10.8. The van der Waals surface area contributed by atoms with E-state index in [1.165, 1.54) is 0 Å². The van der Waals surface area contributed by atoms with E-state index in [9.17, 15) is 0 Å². The van der Waals surface area contributed by atoms with E-state index in [4.69, 9.17) is 15.2 Å². The van der Waals surface area contributed by atoms with Crippen molar-refractivity contribution in [2.24, 2.45) is 0 Å². The summed E-state index contributed by atoms with van der Waals surface area (Å²) >= 11 is 0. The molecule has 5 nitrogen and oxygen atoms in total. The molecule has 1 saturated heterocycles. The predicted octanol–water partition coefficient (Wildman–Crippen LogP) is 1.02. The molecule has 0 radical (unpaired) electrons. The van der Waals surface area contributed by atoms with Crippen molar-refractivity contribution in [3.05, 3.63) is 18.2 Å². The molecule has 2 rings (SSSR count). The average Bonchev–Trinajstić information content (AvgIpc) is 2.42. The summed E-state index contributed by atoms with van der Waals surface area (Å²) in [7, 11) is 1.66. The number of hydrogen-bond donors (Lipinski definition) is 2. The minimum Gasteiger partial charge on any atom is -0.497 e. The molecule has 0 aromatic heterocycles. The molecule has 0 spiro atoms. The fourth-order valence-corrected chi connectivity index (χ4v) is 1.99. The Morgan fingerprint density at radius 2 is 2.17 bits per heavy atom. The van der Waals surface area contributed by atoms with E-state index in [1.807, 2.05) is 18.2 Å². The van der Waals surface area contributed by atoms with Gasteiger partial charge in [-0.15, -0.1) is 0 Å². The van der Waals surface area contributed by atoms with Gasteiger partial charge in [-0.2, -0.15) is 0 Å². The van der Waals surface area contributed by atoms with Gasteiger partial charge >= 0.3 is 0 Å². The summed E-state index contributed by atoms with van der Waals surface area (Å²) < 4.78 is 10.5. The number of morpholine rings is 1. The zero-order chi connectivity index (χ0) is 12.8. The molecule has 1 aliphatic heterocycles. The molecule has 1 aromatic carbocycles. The first-order valence-corrected chi connectivity index (χ1v) is 6.27. The quantitative estimate of drug-likeness (QED) is 0.765. The van der Waals surface area contributed by atoms with Gasteiger partial charge in [-0.1, -0.05) is 0 Å². The van der Waals surface area contributed by atoms with Crippen molar-refractivity contribution in [3.63, 3.8) is 0 Å². The van der Waals surface area contributed by atoms with Crippen LogP contribution >= 0.6 is 0 Å². The van der Waals surface area contributed by atoms with Gasteiger partial charge in [0.1, 0.15) is 5.75 Å². The van der Waals surface area contributed by atoms with Crippen LogP contribution in [0.3, 0.4) is 0 Å². The Bertz CT molecular complexity index is 378. The van der Waals surface area contributed by atoms with Gasteiger partial charge in [0.05, 0.1) is 31.7 Å². The molecule has 1 aliphatic rings. The number of rotatable bonds is 5. The van der Waals surface area contributed by atoms with Crippen LogP contribution in [0.2, 0.25) is 0 Å². The van der Waals surface area contributed by atoms with Crippen molar-refractivity contribution in [2.45, 2.75) is 0 Å². The maximum atomic E-state index is 5.91. The van der Waals surface area contributed by atoms with Crippen molar-refractivity contribution in [1.29, 1.82) is 0 Å². The summed E-state index contributed by atoms with van der Waals surface area (Å²) in [6, 6.07) is 5.65. The molecule has 1 aromatic rings. The molecule has 0 amide bonds. The lowest BCUT2D eigenvalue weighted by Gasteiger charge is -2.26. The van der Waals surface area contributed by atoms with Crippen molar-refractivity contribution in [1.82, 2.24) is 4.90 Å². The molecule has 0 atom stereocenters. The van der Waals surface area contributed by atoms with Crippen LogP contribution in [0, 0.1) is 0 Å². The molecular weight excluding hydrogens is 230 g/mol. The minimum absolute atomic E-state index is 0.748. The first kappa shape index (κ1) is 13.0. The monoisotopic (exact) mass is 251 g/mol. The largest absolute Gasteiger partial charge is 0.497 e. The van der Waals surface area contributed by atoms with Crippen LogP contribution in [0.5, 0.6) is 5.75 Å². The van der Waals surface area contributed by atoms with Crippen LogP contribution in [-0.4, -0.2) is 51.4 Å². The molecular formula is C13H21N3O2. The zero-order valence-electron chi connectivity index (χ0n) is 10.8. The number of nitrogens with zero attached hydrogens (tertiary/aromatic N) is 1. The number of nitrogens with one attached hydrogen (secondary N) is 1. The number of nitrogen functional groups attached to an aromatic ring is 1. The molecule has 1 heterocycles. The van der Waals surface area contributed by atoms with E-state index < -0.39 is 0 Å². The van der Waals surface area contributed by atoms with Crippen LogP contribution < -0.4 is 15.8 Å². The van der Waals surface area contributed by atoms with E-state index in [-0.39, 0.29) is 0 Å². The predicted molar refractivity (Wildman–Crippen MR) is 73.2 cm³/mol. The van der Waals surface area contributed by atoms with Crippen molar-refractivity contribution >= 4 is 11.4 Å². The van der Waals surface area contributed by atoms with Gasteiger partial charge in [-0.05, 0) is 12.1 Å². The van der Waals surface area contributed by atoms with E-state index in [0.717, 1.165) is 56.5 Å². The summed E-state index contributed by atoms with van der Waals surface area (Å²) in [4.78, 5) is 2.38. The maximum Gasteiger partial charge on any atom is 0.121 e. The van der Waals surface area contributed by atoms with Gasteiger partial charge in [-0.3, -0.25) is 4.90 Å². The van der Waals surface area contributed by atoms with E-state index in [1.54, 1.807) is 7.11 Å². The number of nitrogens with two attached hydrogens (primary N) is 1. The highest BCUT2D eigenvalue weighted by atomic mass is 16.5. The van der Waals surface area contributed by atoms with Crippen molar-refractivity contribution < 1.29 is 9.47 Å². The van der Waals surface area contributed by atoms with Gasteiger partial charge < -0.3 is 20.5 Å². The van der Waals surface area contributed by atoms with E-state index in [0.29, 0.717) is 0 Å². The Hall–Kier alpha value is -1.46. The Labute approximate surface area is 108 Å². The number of methoxy groups -OCH3 is 1. The highest BCUT2D eigenvalue weighted by molar-refractivity contribution is 5.68. The van der Waals surface area contributed by atoms with Crippen LogP contribution in [0.1, 0.15) is 0 Å². The molecule has 1 fully saturated rings. The number of hydrogen-bond acceptors (Lipinski definition) is 5. The van der Waals surface area contributed by atoms with Crippen molar-refractivity contribution in [2.75, 3.05) is 57.6 Å². The van der Waals surface area contributed by atoms with Crippen LogP contribution in [0.15, 0.2) is 18.2 Å². The fraction of sp³-hybridized carbons (Fsp3) is 0.538. The van der Waals surface area contributed by atoms with Gasteiger partial charge in [0, 0.05) is 32.2 Å². The normalized spacial score (nSPS) is 16.5. The lowest BCUT2D eigenvalue weighted by molar-refractivity contribution is 0.0398. The van der Waals surface area contributed by atoms with Crippen molar-refractivity contribution in [3.8, 4) is 5.75 Å². The summed E-state index contributed by atoms with van der Waals surface area (Å²) in [5.74, 6) is 0.818. The average molecular weight is 251 g/mol. The molecule has 0 saturated carbocycles. The lowest BCUT2D eigenvalue weighted by Crippen LogP contribution is -2.39. The third-order valence-electron chi connectivity index (χ3n) is 3.11. The Balaban J connectivity index is 1.81. The van der Waals surface area contributed by atoms with E-state index in [2.05, 4.69) is 10.2 Å². The molecule has 0 bridgehead atoms. The second kappa shape index (κ2) is 6.47. The van der Waals surface area contributed by atoms with Crippen LogP contribution in [0.4, 0.5) is 11.4 Å². The molecule has 5 heteroatoms. The first-order valence-electron chi connectivity index (χ1n) is 6.27. The first-order chi connectivity index (χ1) is 8.79. The summed E-state index contributed by atoms with van der Waals surface area (Å²) in [5.41, 5.74) is 7.59. The fourth-order valence-electron chi connectivity index (χ4n) is 1.99. The molecule has 0 unspecified atom stereocenters. The second-order valence-corrected chi connectivity index (χ2v) is 4.33. The highest BCUT2D eigenvalue weighted by Gasteiger charge is 2.09. The number of ether oxygens (including phenoxy) is 2. The highest BCUT2D eigenvalue weighted by Crippen LogP contribution is 2.23. The van der Waals surface area contributed by atoms with Crippen LogP contribution in [-0.2, 0) is 4.74 Å². The van der Waals surface area contributed by atoms with Gasteiger partial charge in [0.25, 0.3) is 0 Å². The summed E-state index contributed by atoms with van der Waals surface area (Å²) in [6.07, 6.45) is 0. The smallest absolute Gasteiger partial charge is 0.121 e. The molecule has 0 aliphatic carbocycles. The summed E-state index contributed by atoms with van der Waals surface area (Å²) in [6.45, 7) is 5.56. The maximum absolute atomic E-state index is 5.91. The molecule has 3 N–H and O–H groups in total. The van der Waals surface area contributed by atoms with Gasteiger partial charge in [-0.25, -0.2) is 0 Å². The lowest BCUT2D eigenvalue weighted by atomic mass is 10.2. The molecule has 100 valence electrons. The third-order valence-corrected chi connectivity index (χ3v) is 3.11. The van der Waals surface area contributed by atoms with Crippen LogP contribution in [0.25, 0.3) is 0 Å². The number of benzene rings is 1. The van der Waals surface area contributed by atoms with E-state index >= 15 is 0 Å². The third kappa shape index (κ3) is 3.51. The minimum atomic E-state index is 0.748. The summed E-state index contributed by atoms with van der Waals surface area (Å²) in [5, 5.41) is 3.35. The van der Waals surface area contributed by atoms with Gasteiger partial charge in [0.15, 0.2) is 0 Å². The molecule has 18 heavy (non-hydrogen) atoms. The Kier molecular flexibility index (Phi) is 4.66. The standard InChI is InChI=1S/C13H21N3O2/c1-17-11-2-3-12(14)13(10-11)15-4-5-16-6-8-18-9-7-16/h2-3,10,15H,4-9,14H2,1H3. The number of anilines is 2. The topological polar surface area (TPSA) is 59.8 Å². The van der Waals surface area contributed by atoms with Gasteiger partial charge in [0.2, 0.25) is 0 Å². The Morgan fingerprint density at radius 1 is 1.39 bits per heavy atom. The Morgan fingerprint density at radius 3 is 2.89 bits per heavy atom. The SMILES string of the molecule is COc1ccc(N)c(NCCN2CCOCC2)c1. The second-order valence-electron chi connectivity index (χ2n) is 4.33.